The van der Waals surface area contributed by atoms with E-state index in [-0.39, 0.29) is 5.97 Å². The van der Waals surface area contributed by atoms with Crippen LogP contribution < -0.4 is 0 Å². The van der Waals surface area contributed by atoms with Gasteiger partial charge in [-0.2, -0.15) is 0 Å². The Hall–Kier alpha value is -1.35. The molecule has 3 heteroatoms. The van der Waals surface area contributed by atoms with Gasteiger partial charge in [0.15, 0.2) is 0 Å². The standard InChI is InChI=1S/C18H25NO2/c1-21-17(20)16-6-4-15(5-7-16)14-19-12-10-18(11-13-19)8-2-3-9-18/h4-7H,2-3,8-14H2,1H3. The Bertz CT molecular complexity index is 478. The molecule has 1 aliphatic carbocycles. The lowest BCUT2D eigenvalue weighted by Gasteiger charge is -2.39. The molecule has 0 amide bonds. The summed E-state index contributed by atoms with van der Waals surface area (Å²) < 4.78 is 4.73. The molecule has 1 aromatic carbocycles. The van der Waals surface area contributed by atoms with Crippen LogP contribution in [0.25, 0.3) is 0 Å². The van der Waals surface area contributed by atoms with Crippen molar-refractivity contribution in [2.75, 3.05) is 20.2 Å². The van der Waals surface area contributed by atoms with Crippen LogP contribution >= 0.6 is 0 Å². The van der Waals surface area contributed by atoms with E-state index >= 15 is 0 Å². The van der Waals surface area contributed by atoms with Gasteiger partial charge in [0.25, 0.3) is 0 Å². The van der Waals surface area contributed by atoms with Crippen LogP contribution in [0.1, 0.15) is 54.4 Å². The van der Waals surface area contributed by atoms with Crippen molar-refractivity contribution in [1.29, 1.82) is 0 Å². The van der Waals surface area contributed by atoms with Crippen LogP contribution in [0.5, 0.6) is 0 Å². The number of likely N-dealkylation sites (tertiary alicyclic amines) is 1. The van der Waals surface area contributed by atoms with Crippen LogP contribution in [0.3, 0.4) is 0 Å². The van der Waals surface area contributed by atoms with Gasteiger partial charge in [-0.15, -0.1) is 0 Å². The number of benzene rings is 1. The van der Waals surface area contributed by atoms with Crippen LogP contribution in [0.2, 0.25) is 0 Å². The van der Waals surface area contributed by atoms with E-state index in [1.807, 2.05) is 24.3 Å². The Morgan fingerprint density at radius 2 is 1.71 bits per heavy atom. The summed E-state index contributed by atoms with van der Waals surface area (Å²) in [6.07, 6.45) is 8.52. The molecular weight excluding hydrogens is 262 g/mol. The topological polar surface area (TPSA) is 29.5 Å². The lowest BCUT2D eigenvalue weighted by atomic mass is 9.77. The highest BCUT2D eigenvalue weighted by atomic mass is 16.5. The molecule has 2 fully saturated rings. The second-order valence-corrected chi connectivity index (χ2v) is 6.67. The Morgan fingerprint density at radius 3 is 2.29 bits per heavy atom. The van der Waals surface area contributed by atoms with Gasteiger partial charge in [0.05, 0.1) is 12.7 Å². The maximum Gasteiger partial charge on any atom is 0.337 e. The van der Waals surface area contributed by atoms with Gasteiger partial charge in [0, 0.05) is 6.54 Å². The van der Waals surface area contributed by atoms with Crippen molar-refractivity contribution in [3.63, 3.8) is 0 Å². The highest BCUT2D eigenvalue weighted by Crippen LogP contribution is 2.46. The number of esters is 1. The van der Waals surface area contributed by atoms with Gasteiger partial charge < -0.3 is 4.74 Å². The van der Waals surface area contributed by atoms with Crippen LogP contribution in [0.15, 0.2) is 24.3 Å². The Balaban J connectivity index is 1.54. The first kappa shape index (κ1) is 14.6. The van der Waals surface area contributed by atoms with Crippen molar-refractivity contribution in [3.8, 4) is 0 Å². The molecule has 1 aromatic rings. The van der Waals surface area contributed by atoms with E-state index in [0.717, 1.165) is 6.54 Å². The lowest BCUT2D eigenvalue weighted by Crippen LogP contribution is -2.38. The molecule has 1 spiro atoms. The van der Waals surface area contributed by atoms with Crippen molar-refractivity contribution < 1.29 is 9.53 Å². The van der Waals surface area contributed by atoms with Crippen LogP contribution in [0.4, 0.5) is 0 Å². The molecule has 1 saturated heterocycles. The lowest BCUT2D eigenvalue weighted by molar-refractivity contribution is 0.0600. The Morgan fingerprint density at radius 1 is 1.10 bits per heavy atom. The van der Waals surface area contributed by atoms with Crippen molar-refractivity contribution in [3.05, 3.63) is 35.4 Å². The molecule has 0 atom stereocenters. The minimum atomic E-state index is -0.261. The summed E-state index contributed by atoms with van der Waals surface area (Å²) in [5, 5.41) is 0. The maximum absolute atomic E-state index is 11.4. The zero-order valence-electron chi connectivity index (χ0n) is 12.9. The van der Waals surface area contributed by atoms with Crippen LogP contribution in [-0.4, -0.2) is 31.1 Å². The molecule has 0 radical (unpaired) electrons. The van der Waals surface area contributed by atoms with E-state index in [1.54, 1.807) is 0 Å². The van der Waals surface area contributed by atoms with Gasteiger partial charge >= 0.3 is 5.97 Å². The van der Waals surface area contributed by atoms with E-state index in [9.17, 15) is 4.79 Å². The predicted octanol–water partition coefficient (Wildman–Crippen LogP) is 3.63. The number of piperidine rings is 1. The summed E-state index contributed by atoms with van der Waals surface area (Å²) in [4.78, 5) is 14.0. The largest absolute Gasteiger partial charge is 0.465 e. The summed E-state index contributed by atoms with van der Waals surface area (Å²) >= 11 is 0. The third-order valence-corrected chi connectivity index (χ3v) is 5.36. The van der Waals surface area contributed by atoms with Crippen molar-refractivity contribution in [1.82, 2.24) is 4.90 Å². The summed E-state index contributed by atoms with van der Waals surface area (Å²) in [6, 6.07) is 7.82. The first-order chi connectivity index (χ1) is 10.2. The van der Waals surface area contributed by atoms with Crippen LogP contribution in [0, 0.1) is 5.41 Å². The first-order valence-corrected chi connectivity index (χ1v) is 8.10. The molecular formula is C18H25NO2. The van der Waals surface area contributed by atoms with Crippen molar-refractivity contribution in [2.24, 2.45) is 5.41 Å². The van der Waals surface area contributed by atoms with Crippen molar-refractivity contribution in [2.45, 2.75) is 45.1 Å². The van der Waals surface area contributed by atoms with Gasteiger partial charge in [-0.3, -0.25) is 4.90 Å². The van der Waals surface area contributed by atoms with Crippen molar-refractivity contribution >= 4 is 5.97 Å². The third-order valence-electron chi connectivity index (χ3n) is 5.36. The van der Waals surface area contributed by atoms with Crippen LogP contribution in [-0.2, 0) is 11.3 Å². The van der Waals surface area contributed by atoms with E-state index in [0.29, 0.717) is 11.0 Å². The number of hydrogen-bond donors (Lipinski definition) is 0. The van der Waals surface area contributed by atoms with Gasteiger partial charge in [-0.05, 0) is 61.9 Å². The first-order valence-electron chi connectivity index (χ1n) is 8.10. The number of hydrogen-bond acceptors (Lipinski definition) is 3. The van der Waals surface area contributed by atoms with E-state index in [4.69, 9.17) is 4.74 Å². The summed E-state index contributed by atoms with van der Waals surface area (Å²) in [6.45, 7) is 3.44. The summed E-state index contributed by atoms with van der Waals surface area (Å²) in [5.74, 6) is -0.261. The molecule has 3 nitrogen and oxygen atoms in total. The number of carbonyl (C=O) groups is 1. The maximum atomic E-state index is 11.4. The summed E-state index contributed by atoms with van der Waals surface area (Å²) in [7, 11) is 1.42. The minimum absolute atomic E-state index is 0.261. The van der Waals surface area contributed by atoms with Gasteiger partial charge in [-0.25, -0.2) is 4.79 Å². The molecule has 1 aliphatic heterocycles. The smallest absolute Gasteiger partial charge is 0.337 e. The highest BCUT2D eigenvalue weighted by molar-refractivity contribution is 5.89. The minimum Gasteiger partial charge on any atom is -0.465 e. The number of methoxy groups -OCH3 is 1. The molecule has 2 aliphatic rings. The zero-order valence-corrected chi connectivity index (χ0v) is 12.9. The third kappa shape index (κ3) is 3.29. The summed E-state index contributed by atoms with van der Waals surface area (Å²) in [5.41, 5.74) is 2.60. The van der Waals surface area contributed by atoms with Gasteiger partial charge in [0.2, 0.25) is 0 Å². The monoisotopic (exact) mass is 287 g/mol. The fraction of sp³-hybridized carbons (Fsp3) is 0.611. The fourth-order valence-electron chi connectivity index (χ4n) is 3.93. The Kier molecular flexibility index (Phi) is 4.29. The fourth-order valence-corrected chi connectivity index (χ4v) is 3.93. The molecule has 3 rings (SSSR count). The molecule has 1 saturated carbocycles. The van der Waals surface area contributed by atoms with Gasteiger partial charge in [-0.1, -0.05) is 25.0 Å². The number of rotatable bonds is 3. The highest BCUT2D eigenvalue weighted by Gasteiger charge is 2.36. The van der Waals surface area contributed by atoms with E-state index in [1.165, 1.54) is 64.3 Å². The average Bonchev–Trinajstić information content (AvgIpc) is 2.98. The second-order valence-electron chi connectivity index (χ2n) is 6.67. The SMILES string of the molecule is COC(=O)c1ccc(CN2CCC3(CCCC3)CC2)cc1. The van der Waals surface area contributed by atoms with E-state index < -0.39 is 0 Å². The molecule has 1 heterocycles. The predicted molar refractivity (Wildman–Crippen MR) is 83.2 cm³/mol. The molecule has 0 bridgehead atoms. The molecule has 114 valence electrons. The number of nitrogens with zero attached hydrogens (tertiary/aromatic N) is 1. The number of carbonyl (C=O) groups excluding carboxylic acids is 1. The number of ether oxygens (including phenoxy) is 1. The second kappa shape index (κ2) is 6.18. The zero-order chi connectivity index (χ0) is 14.7. The molecule has 0 unspecified atom stereocenters. The normalized spacial score (nSPS) is 21.6. The molecule has 0 N–H and O–H groups in total. The molecule has 0 aromatic heterocycles. The van der Waals surface area contributed by atoms with Gasteiger partial charge in [0.1, 0.15) is 0 Å². The Labute approximate surface area is 127 Å². The molecule has 21 heavy (non-hydrogen) atoms. The van der Waals surface area contributed by atoms with E-state index in [2.05, 4.69) is 4.90 Å². The quantitative estimate of drug-likeness (QED) is 0.795. The average molecular weight is 287 g/mol.